The van der Waals surface area contributed by atoms with Gasteiger partial charge >= 0.3 is 5.92 Å². The third-order valence-corrected chi connectivity index (χ3v) is 7.12. The molecule has 0 aliphatic carbocycles. The summed E-state index contributed by atoms with van der Waals surface area (Å²) in [7, 11) is 3.31. The number of methoxy groups -OCH3 is 1. The molecule has 3 aromatic rings. The van der Waals surface area contributed by atoms with Gasteiger partial charge in [-0.1, -0.05) is 18.2 Å². The van der Waals surface area contributed by atoms with E-state index >= 15 is 0 Å². The number of carbonyl (C=O) groups excluding carboxylic acids is 1. The topological polar surface area (TPSA) is 87.6 Å². The average Bonchev–Trinajstić information content (AvgIpc) is 3.00. The van der Waals surface area contributed by atoms with E-state index in [1.807, 2.05) is 32.9 Å². The van der Waals surface area contributed by atoms with Gasteiger partial charge in [-0.3, -0.25) is 4.79 Å². The first kappa shape index (κ1) is 25.9. The largest absolute Gasteiger partial charge is 0.384 e. The quantitative estimate of drug-likeness (QED) is 0.484. The highest BCUT2D eigenvalue weighted by atomic mass is 19.3. The zero-order valence-electron chi connectivity index (χ0n) is 21.6. The Balaban J connectivity index is 1.76. The summed E-state index contributed by atoms with van der Waals surface area (Å²) in [5.74, 6) is -3.00. The van der Waals surface area contributed by atoms with Gasteiger partial charge in [-0.25, -0.2) is 0 Å². The number of hydrogen-bond donors (Lipinski definition) is 2. The molecule has 192 valence electrons. The second-order valence-electron chi connectivity index (χ2n) is 10.3. The van der Waals surface area contributed by atoms with Crippen molar-refractivity contribution in [2.45, 2.75) is 57.6 Å². The summed E-state index contributed by atoms with van der Waals surface area (Å²) >= 11 is 0. The van der Waals surface area contributed by atoms with Crippen LogP contribution in [0, 0.1) is 6.92 Å². The van der Waals surface area contributed by atoms with E-state index in [0.717, 1.165) is 35.9 Å². The number of benzene rings is 2. The van der Waals surface area contributed by atoms with Gasteiger partial charge in [0.25, 0.3) is 0 Å². The van der Waals surface area contributed by atoms with Gasteiger partial charge in [0, 0.05) is 36.2 Å². The van der Waals surface area contributed by atoms with Crippen molar-refractivity contribution in [2.24, 2.45) is 0 Å². The fraction of sp³-hybridized carbons (Fsp3) is 0.444. The van der Waals surface area contributed by atoms with Gasteiger partial charge in [0.1, 0.15) is 5.60 Å². The standard InChI is InChI=1S/C27H32F2N4O3/c1-15(17-9-8-10-18(11-17)27(28,29)25(3,4)35)30-23-20-13-22-21(12-19(20)16(2)31-32-23)26(5,14-36-7)24(34)33(22)6/h8-13,15,35H,14H2,1-7H3,(H,30,32)/t15-,26?/m1/s1. The van der Waals surface area contributed by atoms with E-state index in [1.54, 1.807) is 31.2 Å². The van der Waals surface area contributed by atoms with Crippen molar-refractivity contribution >= 4 is 28.2 Å². The maximum Gasteiger partial charge on any atom is 0.300 e. The maximum atomic E-state index is 14.8. The normalized spacial score (nSPS) is 19.1. The molecule has 2 heterocycles. The molecular weight excluding hydrogens is 466 g/mol. The molecule has 2 N–H and O–H groups in total. The van der Waals surface area contributed by atoms with Crippen molar-refractivity contribution in [3.8, 4) is 0 Å². The zero-order valence-corrected chi connectivity index (χ0v) is 21.6. The molecule has 2 atom stereocenters. The van der Waals surface area contributed by atoms with Crippen LogP contribution in [0.2, 0.25) is 0 Å². The first-order chi connectivity index (χ1) is 16.7. The molecule has 0 spiro atoms. The molecule has 2 aromatic carbocycles. The average molecular weight is 499 g/mol. The molecule has 0 saturated heterocycles. The number of nitrogens with zero attached hydrogens (tertiary/aromatic N) is 3. The molecule has 7 nitrogen and oxygen atoms in total. The number of aromatic nitrogens is 2. The number of aliphatic hydroxyl groups is 1. The smallest absolute Gasteiger partial charge is 0.300 e. The zero-order chi connectivity index (χ0) is 26.6. The van der Waals surface area contributed by atoms with Crippen LogP contribution in [0.5, 0.6) is 0 Å². The molecular formula is C27H32F2N4O3. The fourth-order valence-corrected chi connectivity index (χ4v) is 4.81. The highest BCUT2D eigenvalue weighted by molar-refractivity contribution is 6.11. The number of nitrogens with one attached hydrogen (secondary N) is 1. The third-order valence-electron chi connectivity index (χ3n) is 7.12. The molecule has 0 radical (unpaired) electrons. The molecule has 4 rings (SSSR count). The van der Waals surface area contributed by atoms with E-state index in [9.17, 15) is 18.7 Å². The first-order valence-corrected chi connectivity index (χ1v) is 11.8. The molecule has 0 bridgehead atoms. The number of anilines is 2. The number of amides is 1. The first-order valence-electron chi connectivity index (χ1n) is 11.8. The number of halogens is 2. The highest BCUT2D eigenvalue weighted by Crippen LogP contribution is 2.45. The number of alkyl halides is 2. The van der Waals surface area contributed by atoms with Gasteiger partial charge in [0.05, 0.1) is 23.8 Å². The molecule has 0 saturated carbocycles. The third kappa shape index (κ3) is 4.00. The molecule has 1 aliphatic heterocycles. The lowest BCUT2D eigenvalue weighted by Gasteiger charge is -2.30. The number of ether oxygens (including phenoxy) is 1. The summed E-state index contributed by atoms with van der Waals surface area (Å²) < 4.78 is 34.9. The van der Waals surface area contributed by atoms with Crippen molar-refractivity contribution in [2.75, 3.05) is 31.0 Å². The Hall–Kier alpha value is -3.17. The summed E-state index contributed by atoms with van der Waals surface area (Å²) in [5, 5.41) is 23.5. The summed E-state index contributed by atoms with van der Waals surface area (Å²) in [6, 6.07) is 9.47. The van der Waals surface area contributed by atoms with Crippen molar-refractivity contribution in [1.82, 2.24) is 10.2 Å². The van der Waals surface area contributed by atoms with E-state index in [2.05, 4.69) is 15.5 Å². The second kappa shape index (κ2) is 8.74. The van der Waals surface area contributed by atoms with Crippen LogP contribution in [-0.2, 0) is 20.9 Å². The Bertz CT molecular complexity index is 1340. The predicted molar refractivity (Wildman–Crippen MR) is 136 cm³/mol. The molecule has 1 aliphatic rings. The number of likely N-dealkylation sites (N-methyl/N-ethyl adjacent to an activating group) is 1. The van der Waals surface area contributed by atoms with Crippen LogP contribution in [0.3, 0.4) is 0 Å². The highest BCUT2D eigenvalue weighted by Gasteiger charge is 2.47. The minimum absolute atomic E-state index is 0.0549. The van der Waals surface area contributed by atoms with Crippen LogP contribution in [0.25, 0.3) is 10.8 Å². The molecule has 1 aromatic heterocycles. The lowest BCUT2D eigenvalue weighted by atomic mass is 9.83. The van der Waals surface area contributed by atoms with E-state index < -0.39 is 23.0 Å². The van der Waals surface area contributed by atoms with Crippen LogP contribution >= 0.6 is 0 Å². The Labute approximate surface area is 209 Å². The van der Waals surface area contributed by atoms with E-state index in [1.165, 1.54) is 12.1 Å². The molecule has 0 fully saturated rings. The summed E-state index contributed by atoms with van der Waals surface area (Å²) in [6.07, 6.45) is 0. The minimum Gasteiger partial charge on any atom is -0.384 e. The second-order valence-corrected chi connectivity index (χ2v) is 10.3. The van der Waals surface area contributed by atoms with Crippen molar-refractivity contribution in [3.05, 3.63) is 58.8 Å². The van der Waals surface area contributed by atoms with Gasteiger partial charge in [0.2, 0.25) is 5.91 Å². The van der Waals surface area contributed by atoms with Crippen LogP contribution < -0.4 is 10.2 Å². The maximum absolute atomic E-state index is 14.8. The minimum atomic E-state index is -3.42. The number of rotatable bonds is 7. The van der Waals surface area contributed by atoms with Crippen molar-refractivity contribution in [1.29, 1.82) is 0 Å². The van der Waals surface area contributed by atoms with Crippen LogP contribution in [-0.4, -0.2) is 47.6 Å². The van der Waals surface area contributed by atoms with Gasteiger partial charge in [0.15, 0.2) is 5.82 Å². The fourth-order valence-electron chi connectivity index (χ4n) is 4.81. The number of aryl methyl sites for hydroxylation is 1. The van der Waals surface area contributed by atoms with Crippen LogP contribution in [0.4, 0.5) is 20.3 Å². The molecule has 9 heteroatoms. The molecule has 1 amide bonds. The van der Waals surface area contributed by atoms with E-state index in [-0.39, 0.29) is 18.1 Å². The van der Waals surface area contributed by atoms with Crippen molar-refractivity contribution < 1.29 is 23.4 Å². The molecule has 1 unspecified atom stereocenters. The lowest BCUT2D eigenvalue weighted by molar-refractivity contribution is -0.168. The Morgan fingerprint density at radius 2 is 1.89 bits per heavy atom. The van der Waals surface area contributed by atoms with Gasteiger partial charge in [-0.15, -0.1) is 5.10 Å². The number of carbonyl (C=O) groups is 1. The SMILES string of the molecule is COCC1(C)C(=O)N(C)c2cc3c(N[C@H](C)c4cccc(C(F)(F)C(C)(C)O)c4)nnc(C)c3cc21. The van der Waals surface area contributed by atoms with Gasteiger partial charge < -0.3 is 20.1 Å². The summed E-state index contributed by atoms with van der Waals surface area (Å²) in [5.41, 5.74) is -0.343. The lowest BCUT2D eigenvalue weighted by Crippen LogP contribution is -2.40. The Kier molecular flexibility index (Phi) is 6.29. The number of fused-ring (bicyclic) bond motifs is 2. The predicted octanol–water partition coefficient (Wildman–Crippen LogP) is 4.85. The Morgan fingerprint density at radius 3 is 2.53 bits per heavy atom. The summed E-state index contributed by atoms with van der Waals surface area (Å²) in [4.78, 5) is 14.7. The van der Waals surface area contributed by atoms with Crippen LogP contribution in [0.1, 0.15) is 56.1 Å². The molecule has 36 heavy (non-hydrogen) atoms. The van der Waals surface area contributed by atoms with Crippen molar-refractivity contribution in [3.63, 3.8) is 0 Å². The van der Waals surface area contributed by atoms with E-state index in [0.29, 0.717) is 17.1 Å². The summed E-state index contributed by atoms with van der Waals surface area (Å²) in [6.45, 7) is 7.99. The van der Waals surface area contributed by atoms with E-state index in [4.69, 9.17) is 4.74 Å². The monoisotopic (exact) mass is 498 g/mol. The van der Waals surface area contributed by atoms with Gasteiger partial charge in [-0.05, 0) is 63.9 Å². The van der Waals surface area contributed by atoms with Gasteiger partial charge in [-0.2, -0.15) is 13.9 Å². The Morgan fingerprint density at radius 1 is 1.19 bits per heavy atom. The number of hydrogen-bond acceptors (Lipinski definition) is 6. The van der Waals surface area contributed by atoms with Crippen LogP contribution in [0.15, 0.2) is 36.4 Å².